The second kappa shape index (κ2) is 8.34. The van der Waals surface area contributed by atoms with Crippen LogP contribution in [-0.2, 0) is 20.0 Å². The van der Waals surface area contributed by atoms with Gasteiger partial charge in [-0.05, 0) is 42.6 Å². The Morgan fingerprint density at radius 1 is 1.19 bits per heavy atom. The fourth-order valence-corrected chi connectivity index (χ4v) is 6.56. The number of amides is 1. The smallest absolute Gasteiger partial charge is 0.263 e. The van der Waals surface area contributed by atoms with Crippen molar-refractivity contribution in [3.8, 4) is 0 Å². The molecule has 0 radical (unpaired) electrons. The largest absolute Gasteiger partial charge is 0.347 e. The maximum Gasteiger partial charge on any atom is 0.263 e. The van der Waals surface area contributed by atoms with Crippen LogP contribution < -0.4 is 0 Å². The van der Waals surface area contributed by atoms with Gasteiger partial charge in [0.2, 0.25) is 0 Å². The average molecular weight is 447 g/mol. The molecule has 4 aromatic rings. The van der Waals surface area contributed by atoms with E-state index in [1.165, 1.54) is 39.1 Å². The maximum atomic E-state index is 13.0. The molecule has 0 spiro atoms. The number of thiophene rings is 1. The summed E-state index contributed by atoms with van der Waals surface area (Å²) in [6, 6.07) is 12.8. The number of benzene rings is 1. The first-order valence-corrected chi connectivity index (χ1v) is 12.2. The minimum atomic E-state index is 0.0868. The standard InChI is InChI=1S/C26H30N4OS/c1-5-21-20(18-9-6-7-11-22(18)29(21)4)16-30-14-12-17(15-30)23-19-10-8-13-27-25(19)32-24(23)26(31)28(2)3/h6-11,13,17H,5,12,14-16H2,1-4H3. The summed E-state index contributed by atoms with van der Waals surface area (Å²) in [4.78, 5) is 23.6. The summed E-state index contributed by atoms with van der Waals surface area (Å²) >= 11 is 1.54. The number of likely N-dealkylation sites (tertiary alicyclic amines) is 1. The van der Waals surface area contributed by atoms with Gasteiger partial charge in [-0.3, -0.25) is 9.69 Å². The number of rotatable bonds is 5. The number of hydrogen-bond acceptors (Lipinski definition) is 4. The predicted octanol–water partition coefficient (Wildman–Crippen LogP) is 5.04. The zero-order valence-electron chi connectivity index (χ0n) is 19.3. The van der Waals surface area contributed by atoms with Crippen molar-refractivity contribution in [1.82, 2.24) is 19.4 Å². The van der Waals surface area contributed by atoms with E-state index in [0.29, 0.717) is 5.92 Å². The molecule has 32 heavy (non-hydrogen) atoms. The van der Waals surface area contributed by atoms with E-state index in [1.54, 1.807) is 4.90 Å². The first kappa shape index (κ1) is 21.2. The fraction of sp³-hybridized carbons (Fsp3) is 0.385. The minimum absolute atomic E-state index is 0.0868. The Kier molecular flexibility index (Phi) is 5.51. The van der Waals surface area contributed by atoms with Crippen molar-refractivity contribution in [3.63, 3.8) is 0 Å². The normalized spacial score (nSPS) is 16.9. The lowest BCUT2D eigenvalue weighted by atomic mass is 9.95. The number of aryl methyl sites for hydroxylation is 1. The SMILES string of the molecule is CCc1c(CN2CCC(c3c(C(=O)N(C)C)sc4ncccc34)C2)c2ccccc2n1C. The maximum absolute atomic E-state index is 13.0. The fourth-order valence-electron chi connectivity index (χ4n) is 5.31. The van der Waals surface area contributed by atoms with Crippen molar-refractivity contribution in [2.75, 3.05) is 27.2 Å². The van der Waals surface area contributed by atoms with E-state index in [2.05, 4.69) is 58.8 Å². The van der Waals surface area contributed by atoms with Crippen molar-refractivity contribution in [2.24, 2.45) is 7.05 Å². The Labute approximate surface area is 193 Å². The summed E-state index contributed by atoms with van der Waals surface area (Å²) in [6.07, 6.45) is 3.92. The van der Waals surface area contributed by atoms with Crippen molar-refractivity contribution < 1.29 is 4.79 Å². The van der Waals surface area contributed by atoms with E-state index in [9.17, 15) is 4.79 Å². The van der Waals surface area contributed by atoms with Crippen LogP contribution in [0.3, 0.4) is 0 Å². The summed E-state index contributed by atoms with van der Waals surface area (Å²) in [7, 11) is 5.84. The first-order chi connectivity index (χ1) is 15.5. The molecule has 0 aliphatic carbocycles. The van der Waals surface area contributed by atoms with Crippen LogP contribution in [0.4, 0.5) is 0 Å². The molecule has 1 atom stereocenters. The molecular weight excluding hydrogens is 416 g/mol. The number of carbonyl (C=O) groups is 1. The monoisotopic (exact) mass is 446 g/mol. The minimum Gasteiger partial charge on any atom is -0.347 e. The van der Waals surface area contributed by atoms with E-state index in [-0.39, 0.29) is 5.91 Å². The zero-order chi connectivity index (χ0) is 22.4. The van der Waals surface area contributed by atoms with Gasteiger partial charge < -0.3 is 9.47 Å². The van der Waals surface area contributed by atoms with Crippen molar-refractivity contribution >= 4 is 38.4 Å². The van der Waals surface area contributed by atoms with Crippen molar-refractivity contribution in [1.29, 1.82) is 0 Å². The third kappa shape index (κ3) is 3.42. The average Bonchev–Trinajstić information content (AvgIpc) is 3.48. The van der Waals surface area contributed by atoms with Gasteiger partial charge in [0.05, 0.1) is 4.88 Å². The van der Waals surface area contributed by atoms with Crippen LogP contribution in [0, 0.1) is 0 Å². The van der Waals surface area contributed by atoms with Crippen LogP contribution in [0.1, 0.15) is 45.8 Å². The van der Waals surface area contributed by atoms with Gasteiger partial charge in [0.1, 0.15) is 4.83 Å². The lowest BCUT2D eigenvalue weighted by Gasteiger charge is -2.18. The van der Waals surface area contributed by atoms with Crippen LogP contribution >= 0.6 is 11.3 Å². The van der Waals surface area contributed by atoms with Crippen molar-refractivity contribution in [3.05, 3.63) is 64.3 Å². The molecule has 4 heterocycles. The highest BCUT2D eigenvalue weighted by molar-refractivity contribution is 7.20. The molecule has 1 amide bonds. The number of carbonyl (C=O) groups excluding carboxylic acids is 1. The molecule has 1 saturated heterocycles. The lowest BCUT2D eigenvalue weighted by molar-refractivity contribution is 0.0831. The van der Waals surface area contributed by atoms with Crippen LogP contribution in [0.25, 0.3) is 21.1 Å². The lowest BCUT2D eigenvalue weighted by Crippen LogP contribution is -2.23. The highest BCUT2D eigenvalue weighted by Crippen LogP contribution is 2.40. The first-order valence-electron chi connectivity index (χ1n) is 11.4. The molecule has 0 saturated carbocycles. The van der Waals surface area contributed by atoms with Gasteiger partial charge in [-0.15, -0.1) is 11.3 Å². The molecule has 3 aromatic heterocycles. The molecule has 1 aliphatic heterocycles. The van der Waals surface area contributed by atoms with E-state index < -0.39 is 0 Å². The van der Waals surface area contributed by atoms with Gasteiger partial charge in [-0.2, -0.15) is 0 Å². The van der Waals surface area contributed by atoms with Gasteiger partial charge >= 0.3 is 0 Å². The summed E-state index contributed by atoms with van der Waals surface area (Å²) in [6.45, 7) is 5.22. The molecular formula is C26H30N4OS. The van der Waals surface area contributed by atoms with Gasteiger partial charge in [0.25, 0.3) is 5.91 Å². The van der Waals surface area contributed by atoms with Gasteiger partial charge in [-0.1, -0.05) is 31.2 Å². The molecule has 6 heteroatoms. The van der Waals surface area contributed by atoms with Crippen LogP contribution in [0.5, 0.6) is 0 Å². The summed E-state index contributed by atoms with van der Waals surface area (Å²) < 4.78 is 2.35. The Bertz CT molecular complexity index is 1300. The Balaban J connectivity index is 1.48. The zero-order valence-corrected chi connectivity index (χ0v) is 20.1. The second-order valence-corrected chi connectivity index (χ2v) is 9.98. The van der Waals surface area contributed by atoms with Crippen LogP contribution in [-0.4, -0.2) is 52.4 Å². The Hall–Kier alpha value is -2.70. The van der Waals surface area contributed by atoms with Gasteiger partial charge in [-0.25, -0.2) is 4.98 Å². The van der Waals surface area contributed by atoms with Crippen LogP contribution in [0.2, 0.25) is 0 Å². The number of para-hydroxylation sites is 1. The molecule has 0 N–H and O–H groups in total. The predicted molar refractivity (Wildman–Crippen MR) is 133 cm³/mol. The van der Waals surface area contributed by atoms with Crippen LogP contribution in [0.15, 0.2) is 42.6 Å². The third-order valence-electron chi connectivity index (χ3n) is 6.85. The Morgan fingerprint density at radius 2 is 1.97 bits per heavy atom. The topological polar surface area (TPSA) is 41.4 Å². The molecule has 166 valence electrons. The third-order valence-corrected chi connectivity index (χ3v) is 7.96. The Morgan fingerprint density at radius 3 is 2.75 bits per heavy atom. The number of hydrogen-bond donors (Lipinski definition) is 0. The van der Waals surface area contributed by atoms with E-state index in [0.717, 1.165) is 47.6 Å². The molecule has 1 unspecified atom stereocenters. The number of pyridine rings is 1. The van der Waals surface area contributed by atoms with Gasteiger partial charge in [0.15, 0.2) is 0 Å². The van der Waals surface area contributed by atoms with Crippen molar-refractivity contribution in [2.45, 2.75) is 32.2 Å². The number of fused-ring (bicyclic) bond motifs is 2. The van der Waals surface area contributed by atoms with E-state index in [4.69, 9.17) is 0 Å². The summed E-state index contributed by atoms with van der Waals surface area (Å²) in [5.74, 6) is 0.440. The number of nitrogens with zero attached hydrogens (tertiary/aromatic N) is 4. The molecule has 1 fully saturated rings. The summed E-state index contributed by atoms with van der Waals surface area (Å²) in [5.41, 5.74) is 5.38. The molecule has 1 aromatic carbocycles. The highest BCUT2D eigenvalue weighted by atomic mass is 32.1. The molecule has 5 nitrogen and oxygen atoms in total. The summed E-state index contributed by atoms with van der Waals surface area (Å²) in [5, 5.41) is 2.51. The molecule has 1 aliphatic rings. The highest BCUT2D eigenvalue weighted by Gasteiger charge is 2.32. The number of aromatic nitrogens is 2. The van der Waals surface area contributed by atoms with E-state index in [1.807, 2.05) is 26.4 Å². The van der Waals surface area contributed by atoms with Gasteiger partial charge in [0, 0.05) is 68.3 Å². The quantitative estimate of drug-likeness (QED) is 0.431. The van der Waals surface area contributed by atoms with E-state index >= 15 is 0 Å². The second-order valence-electron chi connectivity index (χ2n) is 8.98. The molecule has 0 bridgehead atoms. The molecule has 5 rings (SSSR count).